The largest absolute Gasteiger partial charge is 0.459 e. The van der Waals surface area contributed by atoms with E-state index < -0.39 is 17.6 Å². The SMILES string of the molecule is Cn1c(=O)n(C2CCC(=O)NC2=O)c2ccc([C@H]3CCN(CC(=O)OC(C)(C)C)C3)cc21. The third-order valence-electron chi connectivity index (χ3n) is 6.15. The standard InChI is InChI=1S/C23H30N4O5/c1-23(2,3)32-20(29)13-26-10-9-15(12-26)14-5-6-16-18(11-14)25(4)22(31)27(16)17-7-8-19(28)24-21(17)30/h5-6,11,15,17H,7-10,12-13H2,1-4H3,(H,24,28,30)/t15-,17?/m0/s1. The zero-order valence-electron chi connectivity index (χ0n) is 19.0. The summed E-state index contributed by atoms with van der Waals surface area (Å²) in [6, 6.07) is 5.18. The van der Waals surface area contributed by atoms with Gasteiger partial charge in [-0.15, -0.1) is 0 Å². The number of fused-ring (bicyclic) bond motifs is 1. The third kappa shape index (κ3) is 4.34. The molecule has 0 spiro atoms. The molecule has 2 atom stereocenters. The molecule has 2 aliphatic heterocycles. The van der Waals surface area contributed by atoms with Crippen molar-refractivity contribution in [1.29, 1.82) is 0 Å². The van der Waals surface area contributed by atoms with E-state index >= 15 is 0 Å². The van der Waals surface area contributed by atoms with Gasteiger partial charge in [0.25, 0.3) is 0 Å². The third-order valence-corrected chi connectivity index (χ3v) is 6.15. The normalized spacial score (nSPS) is 22.4. The number of aromatic nitrogens is 2. The second-order valence-electron chi connectivity index (χ2n) is 9.73. The van der Waals surface area contributed by atoms with E-state index in [0.29, 0.717) is 11.9 Å². The number of ether oxygens (including phenoxy) is 1. The van der Waals surface area contributed by atoms with Gasteiger partial charge in [0, 0.05) is 20.0 Å². The first-order chi connectivity index (χ1) is 15.0. The quantitative estimate of drug-likeness (QED) is 0.568. The molecule has 2 amide bonds. The Kier molecular flexibility index (Phi) is 5.70. The van der Waals surface area contributed by atoms with Crippen molar-refractivity contribution in [2.75, 3.05) is 19.6 Å². The van der Waals surface area contributed by atoms with E-state index in [-0.39, 0.29) is 36.4 Å². The summed E-state index contributed by atoms with van der Waals surface area (Å²) in [5.41, 5.74) is 1.76. The monoisotopic (exact) mass is 442 g/mol. The number of hydrogen-bond donors (Lipinski definition) is 1. The van der Waals surface area contributed by atoms with E-state index in [1.807, 2.05) is 39.0 Å². The van der Waals surface area contributed by atoms with Crippen molar-refractivity contribution in [3.8, 4) is 0 Å². The lowest BCUT2D eigenvalue weighted by atomic mass is 9.98. The van der Waals surface area contributed by atoms with Gasteiger partial charge < -0.3 is 4.74 Å². The number of carbonyl (C=O) groups excluding carboxylic acids is 3. The number of piperidine rings is 1. The van der Waals surface area contributed by atoms with Gasteiger partial charge in [-0.2, -0.15) is 0 Å². The van der Waals surface area contributed by atoms with Crippen LogP contribution in [0, 0.1) is 0 Å². The lowest BCUT2D eigenvalue weighted by Crippen LogP contribution is -2.44. The molecule has 0 saturated carbocycles. The second-order valence-corrected chi connectivity index (χ2v) is 9.73. The fraction of sp³-hybridized carbons (Fsp3) is 0.565. The fourth-order valence-corrected chi connectivity index (χ4v) is 4.67. The number of carbonyl (C=O) groups is 3. The van der Waals surface area contributed by atoms with Crippen LogP contribution in [0.1, 0.15) is 57.6 Å². The number of nitrogens with one attached hydrogen (secondary N) is 1. The van der Waals surface area contributed by atoms with Crippen LogP contribution in [0.25, 0.3) is 11.0 Å². The molecule has 0 bridgehead atoms. The minimum Gasteiger partial charge on any atom is -0.459 e. The lowest BCUT2D eigenvalue weighted by Gasteiger charge is -2.22. The van der Waals surface area contributed by atoms with Crippen LogP contribution in [0.3, 0.4) is 0 Å². The maximum absolute atomic E-state index is 12.9. The van der Waals surface area contributed by atoms with Crippen molar-refractivity contribution < 1.29 is 19.1 Å². The van der Waals surface area contributed by atoms with E-state index in [1.54, 1.807) is 11.6 Å². The second kappa shape index (κ2) is 8.20. The number of aryl methyl sites for hydroxylation is 1. The summed E-state index contributed by atoms with van der Waals surface area (Å²) in [4.78, 5) is 51.0. The van der Waals surface area contributed by atoms with Crippen LogP contribution < -0.4 is 11.0 Å². The smallest absolute Gasteiger partial charge is 0.329 e. The Morgan fingerprint density at radius 2 is 1.91 bits per heavy atom. The van der Waals surface area contributed by atoms with Gasteiger partial charge in [0.2, 0.25) is 11.8 Å². The van der Waals surface area contributed by atoms with Gasteiger partial charge in [0.15, 0.2) is 0 Å². The van der Waals surface area contributed by atoms with E-state index in [4.69, 9.17) is 4.74 Å². The first kappa shape index (κ1) is 22.3. The van der Waals surface area contributed by atoms with Crippen molar-refractivity contribution in [3.63, 3.8) is 0 Å². The molecule has 1 aromatic heterocycles. The van der Waals surface area contributed by atoms with E-state index in [0.717, 1.165) is 30.6 Å². The Balaban J connectivity index is 1.54. The molecular formula is C23H30N4O5. The number of nitrogens with zero attached hydrogens (tertiary/aromatic N) is 3. The molecule has 172 valence electrons. The van der Waals surface area contributed by atoms with Crippen molar-refractivity contribution in [2.24, 2.45) is 7.05 Å². The highest BCUT2D eigenvalue weighted by Crippen LogP contribution is 2.30. The number of likely N-dealkylation sites (tertiary alicyclic amines) is 1. The molecule has 9 nitrogen and oxygen atoms in total. The van der Waals surface area contributed by atoms with Crippen LogP contribution in [0.4, 0.5) is 0 Å². The van der Waals surface area contributed by atoms with Gasteiger partial charge in [-0.3, -0.25) is 33.7 Å². The molecule has 32 heavy (non-hydrogen) atoms. The Hall–Kier alpha value is -2.94. The average molecular weight is 443 g/mol. The number of imide groups is 1. The molecule has 0 aliphatic carbocycles. The zero-order valence-corrected chi connectivity index (χ0v) is 19.0. The van der Waals surface area contributed by atoms with Gasteiger partial charge in [0.1, 0.15) is 11.6 Å². The molecule has 2 saturated heterocycles. The molecular weight excluding hydrogens is 412 g/mol. The summed E-state index contributed by atoms with van der Waals surface area (Å²) < 4.78 is 8.47. The Morgan fingerprint density at radius 3 is 2.59 bits per heavy atom. The summed E-state index contributed by atoms with van der Waals surface area (Å²) >= 11 is 0. The number of benzene rings is 1. The summed E-state index contributed by atoms with van der Waals surface area (Å²) in [5, 5.41) is 2.33. The molecule has 4 rings (SSSR count). The zero-order chi connectivity index (χ0) is 23.2. The fourth-order valence-electron chi connectivity index (χ4n) is 4.67. The maximum atomic E-state index is 12.9. The number of rotatable bonds is 4. The van der Waals surface area contributed by atoms with Crippen molar-refractivity contribution in [3.05, 3.63) is 34.2 Å². The molecule has 2 aliphatic rings. The summed E-state index contributed by atoms with van der Waals surface area (Å²) in [6.45, 7) is 7.39. The van der Waals surface area contributed by atoms with E-state index in [9.17, 15) is 19.2 Å². The molecule has 1 aromatic carbocycles. The van der Waals surface area contributed by atoms with Gasteiger partial charge >= 0.3 is 11.7 Å². The van der Waals surface area contributed by atoms with Crippen molar-refractivity contribution in [1.82, 2.24) is 19.4 Å². The molecule has 3 heterocycles. The summed E-state index contributed by atoms with van der Waals surface area (Å²) in [5.74, 6) is -0.722. The Bertz CT molecular complexity index is 1140. The average Bonchev–Trinajstić information content (AvgIpc) is 3.24. The lowest BCUT2D eigenvalue weighted by molar-refractivity contribution is -0.155. The van der Waals surface area contributed by atoms with E-state index in [2.05, 4.69) is 10.2 Å². The van der Waals surface area contributed by atoms with Gasteiger partial charge in [0.05, 0.1) is 17.6 Å². The van der Waals surface area contributed by atoms with Crippen LogP contribution in [0.2, 0.25) is 0 Å². The Morgan fingerprint density at radius 1 is 1.16 bits per heavy atom. The summed E-state index contributed by atoms with van der Waals surface area (Å²) in [7, 11) is 1.69. The van der Waals surface area contributed by atoms with Crippen LogP contribution in [-0.2, 0) is 26.2 Å². The minimum absolute atomic E-state index is 0.215. The first-order valence-corrected chi connectivity index (χ1v) is 11.0. The minimum atomic E-state index is -0.689. The van der Waals surface area contributed by atoms with Crippen molar-refractivity contribution in [2.45, 2.75) is 57.6 Å². The molecule has 9 heteroatoms. The maximum Gasteiger partial charge on any atom is 0.329 e. The number of imidazole rings is 1. The van der Waals surface area contributed by atoms with Gasteiger partial charge in [-0.05, 0) is 63.8 Å². The molecule has 2 aromatic rings. The highest BCUT2D eigenvalue weighted by Gasteiger charge is 2.32. The molecule has 2 fully saturated rings. The first-order valence-electron chi connectivity index (χ1n) is 11.0. The number of amides is 2. The summed E-state index contributed by atoms with van der Waals surface area (Å²) in [6.07, 6.45) is 1.44. The predicted octanol–water partition coefficient (Wildman–Crippen LogP) is 1.45. The predicted molar refractivity (Wildman–Crippen MR) is 118 cm³/mol. The molecule has 0 radical (unpaired) electrons. The van der Waals surface area contributed by atoms with Crippen LogP contribution >= 0.6 is 0 Å². The topological polar surface area (TPSA) is 103 Å². The number of esters is 1. The highest BCUT2D eigenvalue weighted by atomic mass is 16.6. The Labute approximate surface area is 186 Å². The van der Waals surface area contributed by atoms with Crippen LogP contribution in [0.5, 0.6) is 0 Å². The van der Waals surface area contributed by atoms with Crippen LogP contribution in [-0.4, -0.2) is 57.1 Å². The van der Waals surface area contributed by atoms with Gasteiger partial charge in [-0.1, -0.05) is 6.07 Å². The number of hydrogen-bond acceptors (Lipinski definition) is 6. The molecule has 1 N–H and O–H groups in total. The van der Waals surface area contributed by atoms with Crippen LogP contribution in [0.15, 0.2) is 23.0 Å². The van der Waals surface area contributed by atoms with E-state index in [1.165, 1.54) is 4.57 Å². The van der Waals surface area contributed by atoms with Gasteiger partial charge in [-0.25, -0.2) is 4.79 Å². The van der Waals surface area contributed by atoms with Crippen molar-refractivity contribution >= 4 is 28.8 Å². The highest BCUT2D eigenvalue weighted by molar-refractivity contribution is 6.00. The molecule has 1 unspecified atom stereocenters.